The highest BCUT2D eigenvalue weighted by Crippen LogP contribution is 2.31. The Morgan fingerprint density at radius 3 is 2.50 bits per heavy atom. The monoisotopic (exact) mass is 249 g/mol. The maximum absolute atomic E-state index is 3.67. The van der Waals surface area contributed by atoms with Crippen molar-refractivity contribution in [1.29, 1.82) is 0 Å². The molecule has 1 nitrogen and oxygen atoms in total. The SMILES string of the molecule is CC#CCCC1CCCCCC1CNCC(C)C. The summed E-state index contributed by atoms with van der Waals surface area (Å²) in [6.07, 6.45) is 9.58. The van der Waals surface area contributed by atoms with E-state index in [4.69, 9.17) is 0 Å². The molecule has 0 heterocycles. The summed E-state index contributed by atoms with van der Waals surface area (Å²) in [7, 11) is 0. The Kier molecular flexibility index (Phi) is 8.18. The van der Waals surface area contributed by atoms with Crippen LogP contribution in [-0.2, 0) is 0 Å². The molecule has 0 saturated heterocycles. The lowest BCUT2D eigenvalue weighted by Gasteiger charge is -2.25. The Morgan fingerprint density at radius 1 is 1.11 bits per heavy atom. The van der Waals surface area contributed by atoms with Gasteiger partial charge in [0.15, 0.2) is 0 Å². The minimum atomic E-state index is 0.764. The number of nitrogens with one attached hydrogen (secondary N) is 1. The van der Waals surface area contributed by atoms with Crippen LogP contribution in [0.25, 0.3) is 0 Å². The van der Waals surface area contributed by atoms with Gasteiger partial charge in [-0.2, -0.15) is 0 Å². The van der Waals surface area contributed by atoms with Crippen LogP contribution in [0.15, 0.2) is 0 Å². The first-order valence-corrected chi connectivity index (χ1v) is 7.84. The van der Waals surface area contributed by atoms with Gasteiger partial charge in [0.1, 0.15) is 0 Å². The van der Waals surface area contributed by atoms with Gasteiger partial charge in [-0.05, 0) is 50.6 Å². The summed E-state index contributed by atoms with van der Waals surface area (Å²) in [5, 5.41) is 3.67. The van der Waals surface area contributed by atoms with Crippen LogP contribution < -0.4 is 5.32 Å². The van der Waals surface area contributed by atoms with Crippen molar-refractivity contribution in [2.24, 2.45) is 17.8 Å². The van der Waals surface area contributed by atoms with Crippen LogP contribution >= 0.6 is 0 Å². The van der Waals surface area contributed by atoms with E-state index in [1.54, 1.807) is 0 Å². The van der Waals surface area contributed by atoms with Crippen molar-refractivity contribution in [3.05, 3.63) is 0 Å². The average Bonchev–Trinajstić information content (AvgIpc) is 2.55. The fraction of sp³-hybridized carbons (Fsp3) is 0.882. The van der Waals surface area contributed by atoms with E-state index in [-0.39, 0.29) is 0 Å². The van der Waals surface area contributed by atoms with Gasteiger partial charge in [0.2, 0.25) is 0 Å². The van der Waals surface area contributed by atoms with Crippen LogP contribution in [0.1, 0.15) is 65.7 Å². The van der Waals surface area contributed by atoms with Gasteiger partial charge in [0.05, 0.1) is 0 Å². The highest BCUT2D eigenvalue weighted by Gasteiger charge is 2.22. The molecule has 1 aliphatic rings. The summed E-state index contributed by atoms with van der Waals surface area (Å²) in [4.78, 5) is 0. The van der Waals surface area contributed by atoms with E-state index in [9.17, 15) is 0 Å². The lowest BCUT2D eigenvalue weighted by Crippen LogP contribution is -2.30. The second kappa shape index (κ2) is 9.45. The number of hydrogen-bond donors (Lipinski definition) is 1. The first-order valence-electron chi connectivity index (χ1n) is 7.84. The maximum Gasteiger partial charge on any atom is 0.00913 e. The van der Waals surface area contributed by atoms with Crippen LogP contribution in [0.3, 0.4) is 0 Å². The Bertz CT molecular complexity index is 259. The van der Waals surface area contributed by atoms with Crippen LogP contribution in [0.5, 0.6) is 0 Å². The zero-order valence-corrected chi connectivity index (χ0v) is 12.6. The Labute approximate surface area is 114 Å². The van der Waals surface area contributed by atoms with Gasteiger partial charge >= 0.3 is 0 Å². The van der Waals surface area contributed by atoms with Crippen molar-refractivity contribution < 1.29 is 0 Å². The van der Waals surface area contributed by atoms with Crippen molar-refractivity contribution in [2.45, 2.75) is 65.7 Å². The molecule has 1 saturated carbocycles. The Morgan fingerprint density at radius 2 is 1.83 bits per heavy atom. The number of rotatable bonds is 6. The van der Waals surface area contributed by atoms with E-state index in [0.717, 1.165) is 30.7 Å². The zero-order chi connectivity index (χ0) is 13.2. The normalized spacial score (nSPS) is 24.4. The molecule has 0 bridgehead atoms. The first kappa shape index (κ1) is 15.6. The van der Waals surface area contributed by atoms with E-state index in [1.807, 2.05) is 6.92 Å². The summed E-state index contributed by atoms with van der Waals surface area (Å²) in [6.45, 7) is 8.91. The van der Waals surface area contributed by atoms with Crippen molar-refractivity contribution in [3.8, 4) is 11.8 Å². The van der Waals surface area contributed by atoms with E-state index in [1.165, 1.54) is 45.1 Å². The zero-order valence-electron chi connectivity index (χ0n) is 12.6. The minimum Gasteiger partial charge on any atom is -0.316 e. The summed E-state index contributed by atoms with van der Waals surface area (Å²) < 4.78 is 0. The van der Waals surface area contributed by atoms with Gasteiger partial charge in [0, 0.05) is 6.42 Å². The third-order valence-corrected chi connectivity index (χ3v) is 4.09. The van der Waals surface area contributed by atoms with Crippen molar-refractivity contribution in [1.82, 2.24) is 5.32 Å². The molecule has 0 aliphatic heterocycles. The third kappa shape index (κ3) is 6.45. The van der Waals surface area contributed by atoms with Gasteiger partial charge in [0.25, 0.3) is 0 Å². The molecule has 1 N–H and O–H groups in total. The van der Waals surface area contributed by atoms with Crippen LogP contribution in [0.4, 0.5) is 0 Å². The van der Waals surface area contributed by atoms with Gasteiger partial charge < -0.3 is 5.32 Å². The quantitative estimate of drug-likeness (QED) is 0.548. The predicted molar refractivity (Wildman–Crippen MR) is 80.5 cm³/mol. The molecule has 18 heavy (non-hydrogen) atoms. The van der Waals surface area contributed by atoms with Gasteiger partial charge in [-0.15, -0.1) is 11.8 Å². The summed E-state index contributed by atoms with van der Waals surface area (Å²) >= 11 is 0. The fourth-order valence-corrected chi connectivity index (χ4v) is 3.05. The minimum absolute atomic E-state index is 0.764. The molecule has 1 rings (SSSR count). The molecular weight excluding hydrogens is 218 g/mol. The Balaban J connectivity index is 2.37. The van der Waals surface area contributed by atoms with E-state index in [2.05, 4.69) is 31.0 Å². The van der Waals surface area contributed by atoms with E-state index >= 15 is 0 Å². The fourth-order valence-electron chi connectivity index (χ4n) is 3.05. The molecule has 2 unspecified atom stereocenters. The smallest absolute Gasteiger partial charge is 0.00913 e. The molecule has 0 radical (unpaired) electrons. The lowest BCUT2D eigenvalue weighted by molar-refractivity contribution is 0.282. The third-order valence-electron chi connectivity index (χ3n) is 4.09. The second-order valence-corrected chi connectivity index (χ2v) is 6.18. The lowest BCUT2D eigenvalue weighted by atomic mass is 9.84. The molecule has 1 heteroatoms. The molecule has 104 valence electrons. The highest BCUT2D eigenvalue weighted by atomic mass is 14.9. The molecule has 0 aromatic heterocycles. The molecular formula is C17H31N. The van der Waals surface area contributed by atoms with Gasteiger partial charge in [-0.1, -0.05) is 39.5 Å². The average molecular weight is 249 g/mol. The van der Waals surface area contributed by atoms with Crippen molar-refractivity contribution in [2.75, 3.05) is 13.1 Å². The molecule has 1 aliphatic carbocycles. The van der Waals surface area contributed by atoms with E-state index < -0.39 is 0 Å². The molecule has 0 spiro atoms. The van der Waals surface area contributed by atoms with Gasteiger partial charge in [-0.3, -0.25) is 0 Å². The van der Waals surface area contributed by atoms with E-state index in [0.29, 0.717) is 0 Å². The summed E-state index contributed by atoms with van der Waals surface area (Å²) in [5.41, 5.74) is 0. The standard InChI is InChI=1S/C17H31N/c1-4-5-7-10-16-11-8-6-9-12-17(16)14-18-13-15(2)3/h15-18H,6-14H2,1-3H3. The van der Waals surface area contributed by atoms with Gasteiger partial charge in [-0.25, -0.2) is 0 Å². The van der Waals surface area contributed by atoms with Crippen molar-refractivity contribution in [3.63, 3.8) is 0 Å². The predicted octanol–water partition coefficient (Wildman–Crippen LogP) is 4.23. The van der Waals surface area contributed by atoms with Crippen LogP contribution in [0.2, 0.25) is 0 Å². The highest BCUT2D eigenvalue weighted by molar-refractivity contribution is 4.95. The largest absolute Gasteiger partial charge is 0.316 e. The summed E-state index contributed by atoms with van der Waals surface area (Å²) in [6, 6.07) is 0. The topological polar surface area (TPSA) is 12.0 Å². The van der Waals surface area contributed by atoms with Crippen LogP contribution in [0, 0.1) is 29.6 Å². The first-order chi connectivity index (χ1) is 8.74. The molecule has 0 aromatic rings. The second-order valence-electron chi connectivity index (χ2n) is 6.18. The number of hydrogen-bond acceptors (Lipinski definition) is 1. The molecule has 2 atom stereocenters. The molecule has 0 amide bonds. The molecule has 0 aromatic carbocycles. The Hall–Kier alpha value is -0.480. The van der Waals surface area contributed by atoms with Crippen molar-refractivity contribution >= 4 is 0 Å². The summed E-state index contributed by atoms with van der Waals surface area (Å²) in [5.74, 6) is 8.84. The van der Waals surface area contributed by atoms with Crippen LogP contribution in [-0.4, -0.2) is 13.1 Å². The maximum atomic E-state index is 3.67. The molecule has 1 fully saturated rings.